The van der Waals surface area contributed by atoms with Crippen LogP contribution in [0.5, 0.6) is 0 Å². The van der Waals surface area contributed by atoms with E-state index >= 15 is 0 Å². The van der Waals surface area contributed by atoms with Gasteiger partial charge in [0, 0.05) is 36.8 Å². The van der Waals surface area contributed by atoms with E-state index in [0.717, 1.165) is 35.7 Å². The van der Waals surface area contributed by atoms with Crippen LogP contribution in [0.2, 0.25) is 0 Å². The third kappa shape index (κ3) is 3.98. The Labute approximate surface area is 135 Å². The summed E-state index contributed by atoms with van der Waals surface area (Å²) >= 11 is 0. The SMILES string of the molecule is CCc1cc(CN(C)Cc2cnc(-c3ccccn3)nc2)on1. The normalized spacial score (nSPS) is 11.1. The lowest BCUT2D eigenvalue weighted by Crippen LogP contribution is -2.17. The van der Waals surface area contributed by atoms with Crippen LogP contribution >= 0.6 is 0 Å². The molecule has 0 spiro atoms. The molecule has 0 aliphatic carbocycles. The van der Waals surface area contributed by atoms with Gasteiger partial charge in [-0.05, 0) is 25.6 Å². The van der Waals surface area contributed by atoms with E-state index in [-0.39, 0.29) is 0 Å². The minimum atomic E-state index is 0.639. The second-order valence-electron chi connectivity index (χ2n) is 5.44. The zero-order valence-electron chi connectivity index (χ0n) is 13.3. The molecule has 118 valence electrons. The minimum absolute atomic E-state index is 0.639. The molecule has 3 aromatic rings. The van der Waals surface area contributed by atoms with Crippen LogP contribution in [0.25, 0.3) is 11.5 Å². The lowest BCUT2D eigenvalue weighted by atomic mass is 10.2. The van der Waals surface area contributed by atoms with E-state index in [9.17, 15) is 0 Å². The number of aromatic nitrogens is 4. The van der Waals surface area contributed by atoms with Crippen molar-refractivity contribution < 1.29 is 4.52 Å². The second kappa shape index (κ2) is 7.11. The number of rotatable bonds is 6. The van der Waals surface area contributed by atoms with E-state index < -0.39 is 0 Å². The first-order valence-electron chi connectivity index (χ1n) is 7.60. The van der Waals surface area contributed by atoms with Crippen molar-refractivity contribution in [3.63, 3.8) is 0 Å². The summed E-state index contributed by atoms with van der Waals surface area (Å²) in [7, 11) is 2.03. The van der Waals surface area contributed by atoms with Crippen molar-refractivity contribution in [3.05, 3.63) is 59.9 Å². The summed E-state index contributed by atoms with van der Waals surface area (Å²) in [6, 6.07) is 7.70. The molecule has 0 bridgehead atoms. The van der Waals surface area contributed by atoms with E-state index in [1.54, 1.807) is 6.20 Å². The summed E-state index contributed by atoms with van der Waals surface area (Å²) in [5.41, 5.74) is 2.81. The summed E-state index contributed by atoms with van der Waals surface area (Å²) < 4.78 is 5.31. The van der Waals surface area contributed by atoms with Crippen molar-refractivity contribution in [3.8, 4) is 11.5 Å². The number of hydrogen-bond donors (Lipinski definition) is 0. The van der Waals surface area contributed by atoms with E-state index in [0.29, 0.717) is 12.4 Å². The fraction of sp³-hybridized carbons (Fsp3) is 0.294. The Balaban J connectivity index is 1.61. The summed E-state index contributed by atoms with van der Waals surface area (Å²) in [6.45, 7) is 3.51. The number of aryl methyl sites for hydroxylation is 1. The Bertz CT molecular complexity index is 739. The molecule has 3 heterocycles. The third-order valence-corrected chi connectivity index (χ3v) is 3.45. The largest absolute Gasteiger partial charge is 0.360 e. The van der Waals surface area contributed by atoms with Crippen molar-refractivity contribution in [1.82, 2.24) is 25.0 Å². The average Bonchev–Trinajstić information content (AvgIpc) is 3.04. The first kappa shape index (κ1) is 15.3. The van der Waals surface area contributed by atoms with Crippen LogP contribution in [-0.2, 0) is 19.5 Å². The molecular weight excluding hydrogens is 290 g/mol. The predicted octanol–water partition coefficient (Wildman–Crippen LogP) is 2.72. The van der Waals surface area contributed by atoms with E-state index in [2.05, 4.69) is 31.9 Å². The minimum Gasteiger partial charge on any atom is -0.360 e. The second-order valence-corrected chi connectivity index (χ2v) is 5.44. The van der Waals surface area contributed by atoms with Gasteiger partial charge in [-0.2, -0.15) is 0 Å². The molecule has 3 rings (SSSR count). The van der Waals surface area contributed by atoms with Gasteiger partial charge in [0.05, 0.1) is 12.2 Å². The highest BCUT2D eigenvalue weighted by Gasteiger charge is 2.08. The van der Waals surface area contributed by atoms with Crippen LogP contribution in [0.4, 0.5) is 0 Å². The van der Waals surface area contributed by atoms with Crippen LogP contribution in [0, 0.1) is 0 Å². The average molecular weight is 309 g/mol. The summed E-state index contributed by atoms with van der Waals surface area (Å²) in [5.74, 6) is 1.51. The molecule has 0 radical (unpaired) electrons. The number of pyridine rings is 1. The van der Waals surface area contributed by atoms with Crippen LogP contribution in [0.3, 0.4) is 0 Å². The maximum atomic E-state index is 5.31. The number of hydrogen-bond acceptors (Lipinski definition) is 6. The Morgan fingerprint density at radius 1 is 1.09 bits per heavy atom. The van der Waals surface area contributed by atoms with Crippen molar-refractivity contribution in [2.45, 2.75) is 26.4 Å². The van der Waals surface area contributed by atoms with Crippen molar-refractivity contribution in [2.24, 2.45) is 0 Å². The fourth-order valence-electron chi connectivity index (χ4n) is 2.29. The summed E-state index contributed by atoms with van der Waals surface area (Å²) in [5, 5.41) is 4.01. The Kier molecular flexibility index (Phi) is 4.73. The molecule has 0 saturated heterocycles. The maximum absolute atomic E-state index is 5.31. The quantitative estimate of drug-likeness (QED) is 0.697. The van der Waals surface area contributed by atoms with E-state index in [1.165, 1.54) is 0 Å². The molecule has 3 aromatic heterocycles. The Morgan fingerprint density at radius 3 is 2.57 bits per heavy atom. The molecule has 0 fully saturated rings. The van der Waals surface area contributed by atoms with Crippen LogP contribution < -0.4 is 0 Å². The van der Waals surface area contributed by atoms with Crippen LogP contribution in [0.1, 0.15) is 23.9 Å². The fourth-order valence-corrected chi connectivity index (χ4v) is 2.29. The smallest absolute Gasteiger partial charge is 0.178 e. The van der Waals surface area contributed by atoms with Gasteiger partial charge in [0.15, 0.2) is 11.6 Å². The van der Waals surface area contributed by atoms with Crippen molar-refractivity contribution >= 4 is 0 Å². The Morgan fingerprint density at radius 2 is 1.91 bits per heavy atom. The molecule has 23 heavy (non-hydrogen) atoms. The first-order valence-corrected chi connectivity index (χ1v) is 7.60. The molecule has 0 atom stereocenters. The summed E-state index contributed by atoms with van der Waals surface area (Å²) in [4.78, 5) is 15.2. The highest BCUT2D eigenvalue weighted by atomic mass is 16.5. The highest BCUT2D eigenvalue weighted by Crippen LogP contribution is 2.12. The molecular formula is C17H19N5O. The first-order chi connectivity index (χ1) is 11.2. The van der Waals surface area contributed by atoms with Gasteiger partial charge in [0.2, 0.25) is 0 Å². The summed E-state index contributed by atoms with van der Waals surface area (Å²) in [6.07, 6.45) is 6.30. The maximum Gasteiger partial charge on any atom is 0.178 e. The van der Waals surface area contributed by atoms with Gasteiger partial charge in [-0.1, -0.05) is 18.1 Å². The van der Waals surface area contributed by atoms with Gasteiger partial charge in [0.25, 0.3) is 0 Å². The van der Waals surface area contributed by atoms with Gasteiger partial charge >= 0.3 is 0 Å². The molecule has 6 heteroatoms. The third-order valence-electron chi connectivity index (χ3n) is 3.45. The highest BCUT2D eigenvalue weighted by molar-refractivity contribution is 5.47. The Hall–Kier alpha value is -2.60. The van der Waals surface area contributed by atoms with Gasteiger partial charge in [-0.3, -0.25) is 9.88 Å². The molecule has 0 N–H and O–H groups in total. The molecule has 0 amide bonds. The van der Waals surface area contributed by atoms with Crippen molar-refractivity contribution in [2.75, 3.05) is 7.05 Å². The van der Waals surface area contributed by atoms with E-state index in [4.69, 9.17) is 4.52 Å². The lowest BCUT2D eigenvalue weighted by molar-refractivity contribution is 0.265. The zero-order valence-corrected chi connectivity index (χ0v) is 13.3. The standard InChI is InChI=1S/C17H19N5O/c1-3-14-8-15(23-21-14)12-22(2)11-13-9-19-17(20-10-13)16-6-4-5-7-18-16/h4-10H,3,11-12H2,1-2H3. The van der Waals surface area contributed by atoms with Gasteiger partial charge in [-0.25, -0.2) is 9.97 Å². The molecule has 0 aromatic carbocycles. The van der Waals surface area contributed by atoms with Crippen LogP contribution in [-0.4, -0.2) is 32.1 Å². The molecule has 0 saturated carbocycles. The molecule has 6 nitrogen and oxygen atoms in total. The van der Waals surface area contributed by atoms with E-state index in [1.807, 2.05) is 43.7 Å². The van der Waals surface area contributed by atoms with Gasteiger partial charge in [0.1, 0.15) is 5.69 Å². The van der Waals surface area contributed by atoms with Gasteiger partial charge < -0.3 is 4.52 Å². The topological polar surface area (TPSA) is 67.9 Å². The lowest BCUT2D eigenvalue weighted by Gasteiger charge is -2.14. The number of nitrogens with zero attached hydrogens (tertiary/aromatic N) is 5. The molecule has 0 aliphatic heterocycles. The monoisotopic (exact) mass is 309 g/mol. The van der Waals surface area contributed by atoms with Crippen molar-refractivity contribution in [1.29, 1.82) is 0 Å². The predicted molar refractivity (Wildman–Crippen MR) is 86.3 cm³/mol. The van der Waals surface area contributed by atoms with Crippen LogP contribution in [0.15, 0.2) is 47.4 Å². The van der Waals surface area contributed by atoms with Gasteiger partial charge in [-0.15, -0.1) is 0 Å². The molecule has 0 aliphatic rings. The molecule has 0 unspecified atom stereocenters. The zero-order chi connectivity index (χ0) is 16.1.